The quantitative estimate of drug-likeness (QED) is 0.561. The Balaban J connectivity index is 2.93. The number of hydrogen-bond acceptors (Lipinski definition) is 2. The van der Waals surface area contributed by atoms with Crippen LogP contribution in [-0.2, 0) is 12.7 Å². The van der Waals surface area contributed by atoms with Crippen LogP contribution in [0.4, 0.5) is 13.2 Å². The zero-order valence-electron chi connectivity index (χ0n) is 7.51. The lowest BCUT2D eigenvalue weighted by atomic mass is 10.1. The molecular weight excluding hydrogens is 223 g/mol. The molecule has 0 atom stereocenters. The summed E-state index contributed by atoms with van der Waals surface area (Å²) < 4.78 is 36.8. The molecule has 1 rings (SSSR count). The fraction of sp³-hybridized carbons (Fsp3) is 0.200. The number of nitrogens with zero attached hydrogens (tertiary/aromatic N) is 1. The summed E-state index contributed by atoms with van der Waals surface area (Å²) in [5.74, 6) is 2.26. The van der Waals surface area contributed by atoms with Gasteiger partial charge in [-0.3, -0.25) is 0 Å². The van der Waals surface area contributed by atoms with Crippen LogP contribution in [0.2, 0.25) is 0 Å². The molecule has 78 valence electrons. The van der Waals surface area contributed by atoms with Gasteiger partial charge in [-0.05, 0) is 29.9 Å². The molecular formula is C10H6F3NS. The molecule has 0 aliphatic carbocycles. The highest BCUT2D eigenvalue weighted by molar-refractivity contribution is 7.78. The highest BCUT2D eigenvalue weighted by atomic mass is 32.1. The van der Waals surface area contributed by atoms with Crippen molar-refractivity contribution in [1.29, 1.82) is 0 Å². The molecule has 0 aromatic heterocycles. The first-order valence-corrected chi connectivity index (χ1v) is 4.39. The first-order chi connectivity index (χ1) is 7.04. The first-order valence-electron chi connectivity index (χ1n) is 3.99. The third-order valence-corrected chi connectivity index (χ3v) is 1.73. The second-order valence-electron chi connectivity index (χ2n) is 2.73. The molecule has 0 unspecified atom stereocenters. The Labute approximate surface area is 90.0 Å². The van der Waals surface area contributed by atoms with Crippen LogP contribution in [0.1, 0.15) is 11.1 Å². The fourth-order valence-electron chi connectivity index (χ4n) is 1.01. The van der Waals surface area contributed by atoms with Gasteiger partial charge in [0.25, 0.3) is 0 Å². The van der Waals surface area contributed by atoms with Gasteiger partial charge in [0.05, 0.1) is 12.1 Å². The van der Waals surface area contributed by atoms with Crippen LogP contribution in [-0.4, -0.2) is 10.9 Å². The lowest BCUT2D eigenvalue weighted by molar-refractivity contribution is -0.137. The third kappa shape index (κ3) is 3.68. The Morgan fingerprint density at radius 2 is 2.07 bits per heavy atom. The molecule has 1 nitrogen and oxygen atoms in total. The van der Waals surface area contributed by atoms with Crippen LogP contribution in [0.25, 0.3) is 0 Å². The maximum absolute atomic E-state index is 12.3. The molecule has 0 heterocycles. The van der Waals surface area contributed by atoms with Gasteiger partial charge >= 0.3 is 6.18 Å². The van der Waals surface area contributed by atoms with Gasteiger partial charge in [0.1, 0.15) is 0 Å². The zero-order chi connectivity index (χ0) is 11.3. The number of halogens is 3. The van der Waals surface area contributed by atoms with Gasteiger partial charge in [-0.2, -0.15) is 13.2 Å². The largest absolute Gasteiger partial charge is 0.416 e. The first kappa shape index (κ1) is 11.7. The molecule has 0 aliphatic heterocycles. The number of thiocarbonyl (C=S) groups is 1. The van der Waals surface area contributed by atoms with Gasteiger partial charge in [0, 0.05) is 10.9 Å². The molecule has 0 amide bonds. The molecule has 0 bridgehead atoms. The molecule has 5 heteroatoms. The Morgan fingerprint density at radius 3 is 2.67 bits per heavy atom. The van der Waals surface area contributed by atoms with E-state index in [0.29, 0.717) is 5.56 Å². The zero-order valence-corrected chi connectivity index (χ0v) is 8.32. The molecule has 0 fully saturated rings. The summed E-state index contributed by atoms with van der Waals surface area (Å²) in [6, 6.07) is 4.97. The van der Waals surface area contributed by atoms with Crippen LogP contribution in [0.3, 0.4) is 0 Å². The van der Waals surface area contributed by atoms with Crippen LogP contribution >= 0.6 is 12.2 Å². The summed E-state index contributed by atoms with van der Waals surface area (Å²) in [6.07, 6.45) is -4.32. The maximum atomic E-state index is 12.3. The summed E-state index contributed by atoms with van der Waals surface area (Å²) in [7, 11) is 0. The van der Waals surface area contributed by atoms with E-state index in [1.807, 2.05) is 0 Å². The van der Waals surface area contributed by atoms with E-state index in [9.17, 15) is 13.2 Å². The Morgan fingerprint density at radius 1 is 1.33 bits per heavy atom. The van der Waals surface area contributed by atoms with E-state index in [-0.39, 0.29) is 6.54 Å². The van der Waals surface area contributed by atoms with Crippen molar-refractivity contribution in [2.45, 2.75) is 12.7 Å². The van der Waals surface area contributed by atoms with Gasteiger partial charge in [0.2, 0.25) is 0 Å². The minimum atomic E-state index is -4.32. The van der Waals surface area contributed by atoms with Crippen molar-refractivity contribution in [3.05, 3.63) is 35.4 Å². The lowest BCUT2D eigenvalue weighted by Crippen LogP contribution is -2.04. The van der Waals surface area contributed by atoms with E-state index in [0.717, 1.165) is 12.1 Å². The smallest absolute Gasteiger partial charge is 0.230 e. The molecule has 0 spiro atoms. The van der Waals surface area contributed by atoms with E-state index in [1.165, 1.54) is 6.07 Å². The van der Waals surface area contributed by atoms with Gasteiger partial charge in [-0.15, -0.1) is 0 Å². The second-order valence-corrected chi connectivity index (χ2v) is 2.93. The van der Waals surface area contributed by atoms with Crippen molar-refractivity contribution >= 4 is 23.1 Å². The predicted octanol–water partition coefficient (Wildman–Crippen LogP) is 3.03. The maximum Gasteiger partial charge on any atom is 0.416 e. The molecule has 0 N–H and O–H groups in total. The molecule has 1 aromatic rings. The minimum Gasteiger partial charge on any atom is -0.230 e. The third-order valence-electron chi connectivity index (χ3n) is 1.64. The highest BCUT2D eigenvalue weighted by Gasteiger charge is 2.30. The van der Waals surface area contributed by atoms with Crippen molar-refractivity contribution in [3.8, 4) is 0 Å². The van der Waals surface area contributed by atoms with Crippen LogP contribution in [0, 0.1) is 0 Å². The van der Waals surface area contributed by atoms with Gasteiger partial charge in [0.15, 0.2) is 0 Å². The minimum absolute atomic E-state index is 0.119. The van der Waals surface area contributed by atoms with Gasteiger partial charge < -0.3 is 0 Å². The number of rotatable bonds is 2. The van der Waals surface area contributed by atoms with Gasteiger partial charge in [-0.1, -0.05) is 12.1 Å². The Kier molecular flexibility index (Phi) is 3.81. The standard InChI is InChI=1S/C10H6F3NS/c11-10(12,13)9-3-1-2-8(6-9)7-14-4-5-15/h1-3,6H,7H2. The topological polar surface area (TPSA) is 12.4 Å². The second kappa shape index (κ2) is 4.89. The summed E-state index contributed by atoms with van der Waals surface area (Å²) in [5.41, 5.74) is -0.218. The summed E-state index contributed by atoms with van der Waals surface area (Å²) in [4.78, 5) is 3.65. The van der Waals surface area contributed by atoms with Crippen molar-refractivity contribution in [2.24, 2.45) is 4.99 Å². The van der Waals surface area contributed by atoms with Crippen molar-refractivity contribution < 1.29 is 13.2 Å². The predicted molar refractivity (Wildman–Crippen MR) is 55.2 cm³/mol. The van der Waals surface area contributed by atoms with E-state index >= 15 is 0 Å². The molecule has 0 aliphatic rings. The van der Waals surface area contributed by atoms with E-state index in [2.05, 4.69) is 28.1 Å². The molecule has 15 heavy (non-hydrogen) atoms. The molecule has 0 radical (unpaired) electrons. The number of aliphatic imine (C=N–C) groups is 1. The van der Waals surface area contributed by atoms with Crippen LogP contribution in [0.15, 0.2) is 29.3 Å². The fourth-order valence-corrected chi connectivity index (χ4v) is 1.07. The van der Waals surface area contributed by atoms with Crippen LogP contribution < -0.4 is 0 Å². The monoisotopic (exact) mass is 229 g/mol. The van der Waals surface area contributed by atoms with Gasteiger partial charge in [-0.25, -0.2) is 4.99 Å². The number of benzene rings is 1. The Bertz CT molecular complexity index is 427. The summed E-state index contributed by atoms with van der Waals surface area (Å²) >= 11 is 4.32. The van der Waals surface area contributed by atoms with Crippen LogP contribution in [0.5, 0.6) is 0 Å². The van der Waals surface area contributed by atoms with Crippen molar-refractivity contribution in [1.82, 2.24) is 0 Å². The average Bonchev–Trinajstić information content (AvgIpc) is 2.17. The number of hydrogen-bond donors (Lipinski definition) is 0. The van der Waals surface area contributed by atoms with E-state index < -0.39 is 11.7 Å². The molecule has 0 saturated heterocycles. The number of alkyl halides is 3. The summed E-state index contributed by atoms with van der Waals surface area (Å²) in [5, 5.41) is 2.13. The van der Waals surface area contributed by atoms with E-state index in [1.54, 1.807) is 6.07 Å². The molecule has 0 saturated carbocycles. The highest BCUT2D eigenvalue weighted by Crippen LogP contribution is 2.29. The van der Waals surface area contributed by atoms with E-state index in [4.69, 9.17) is 0 Å². The average molecular weight is 229 g/mol. The Hall–Kier alpha value is -1.41. The lowest BCUT2D eigenvalue weighted by Gasteiger charge is -2.06. The summed E-state index contributed by atoms with van der Waals surface area (Å²) in [6.45, 7) is 0.119. The van der Waals surface area contributed by atoms with Crippen molar-refractivity contribution in [2.75, 3.05) is 0 Å². The van der Waals surface area contributed by atoms with Crippen molar-refractivity contribution in [3.63, 3.8) is 0 Å². The normalized spacial score (nSPS) is 10.3. The molecule has 1 aromatic carbocycles. The SMILES string of the molecule is FC(F)(F)c1cccc(CN=C=C=S)c1.